The summed E-state index contributed by atoms with van der Waals surface area (Å²) >= 11 is 5.33. The van der Waals surface area contributed by atoms with Gasteiger partial charge in [0.15, 0.2) is 0 Å². The van der Waals surface area contributed by atoms with Crippen molar-refractivity contribution in [2.75, 3.05) is 18.0 Å². The summed E-state index contributed by atoms with van der Waals surface area (Å²) in [6, 6.07) is 6.45. The quantitative estimate of drug-likeness (QED) is 0.699. The van der Waals surface area contributed by atoms with E-state index in [4.69, 9.17) is 0 Å². The molecule has 114 valence electrons. The molecule has 0 aliphatic carbocycles. The van der Waals surface area contributed by atoms with E-state index in [2.05, 4.69) is 68.6 Å². The number of thiophene rings is 1. The van der Waals surface area contributed by atoms with E-state index in [1.807, 2.05) is 6.20 Å². The van der Waals surface area contributed by atoms with Gasteiger partial charge < -0.3 is 10.2 Å². The molecular formula is C16H22BrN3S. The number of hydrogen-bond donors (Lipinski definition) is 1. The molecule has 0 saturated heterocycles. The average molecular weight is 368 g/mol. The van der Waals surface area contributed by atoms with Gasteiger partial charge in [-0.3, -0.25) is 0 Å². The zero-order chi connectivity index (χ0) is 15.1. The molecule has 0 fully saturated rings. The smallest absolute Gasteiger partial charge is 0.133 e. The number of anilines is 1. The summed E-state index contributed by atoms with van der Waals surface area (Å²) in [7, 11) is 0. The molecule has 0 spiro atoms. The van der Waals surface area contributed by atoms with E-state index in [1.54, 1.807) is 11.3 Å². The highest BCUT2D eigenvalue weighted by atomic mass is 79.9. The first-order valence-corrected chi connectivity index (χ1v) is 9.04. The van der Waals surface area contributed by atoms with Crippen LogP contribution in [-0.2, 0) is 13.1 Å². The zero-order valence-corrected chi connectivity index (χ0v) is 15.0. The minimum absolute atomic E-state index is 0.858. The fourth-order valence-electron chi connectivity index (χ4n) is 2.22. The summed E-state index contributed by atoms with van der Waals surface area (Å²) in [5.74, 6) is 1.08. The van der Waals surface area contributed by atoms with Crippen LogP contribution in [0.4, 0.5) is 5.82 Å². The van der Waals surface area contributed by atoms with Gasteiger partial charge in [0.25, 0.3) is 0 Å². The van der Waals surface area contributed by atoms with Gasteiger partial charge in [0, 0.05) is 34.2 Å². The third-order valence-corrected chi connectivity index (χ3v) is 4.55. The first-order valence-electron chi connectivity index (χ1n) is 7.37. The lowest BCUT2D eigenvalue weighted by Crippen LogP contribution is -2.25. The average Bonchev–Trinajstić information content (AvgIpc) is 2.99. The van der Waals surface area contributed by atoms with Crippen LogP contribution in [0.5, 0.6) is 0 Å². The van der Waals surface area contributed by atoms with Crippen molar-refractivity contribution in [1.29, 1.82) is 0 Å². The molecule has 3 nitrogen and oxygen atoms in total. The fourth-order valence-corrected chi connectivity index (χ4v) is 3.31. The van der Waals surface area contributed by atoms with Gasteiger partial charge in [-0.15, -0.1) is 11.3 Å². The third kappa shape index (κ3) is 4.80. The molecule has 0 saturated carbocycles. The normalized spacial score (nSPS) is 10.8. The van der Waals surface area contributed by atoms with E-state index in [0.717, 1.165) is 42.9 Å². The Bertz CT molecular complexity index is 542. The second kappa shape index (κ2) is 8.51. The molecule has 5 heteroatoms. The third-order valence-electron chi connectivity index (χ3n) is 3.26. The van der Waals surface area contributed by atoms with E-state index >= 15 is 0 Å². The van der Waals surface area contributed by atoms with Crippen molar-refractivity contribution in [3.05, 3.63) is 44.7 Å². The van der Waals surface area contributed by atoms with Gasteiger partial charge in [0.2, 0.25) is 0 Å². The summed E-state index contributed by atoms with van der Waals surface area (Å²) in [6.45, 7) is 8.12. The zero-order valence-electron chi connectivity index (χ0n) is 12.6. The lowest BCUT2D eigenvalue weighted by atomic mass is 10.2. The van der Waals surface area contributed by atoms with Crippen molar-refractivity contribution in [3.63, 3.8) is 0 Å². The highest BCUT2D eigenvalue weighted by molar-refractivity contribution is 9.10. The van der Waals surface area contributed by atoms with Crippen LogP contribution in [0, 0.1) is 0 Å². The number of nitrogens with zero attached hydrogens (tertiary/aromatic N) is 2. The van der Waals surface area contributed by atoms with Crippen LogP contribution < -0.4 is 10.2 Å². The van der Waals surface area contributed by atoms with Crippen molar-refractivity contribution in [3.8, 4) is 0 Å². The Morgan fingerprint density at radius 3 is 2.90 bits per heavy atom. The molecular weight excluding hydrogens is 346 g/mol. The molecule has 0 aliphatic rings. The lowest BCUT2D eigenvalue weighted by Gasteiger charge is -2.24. The van der Waals surface area contributed by atoms with E-state index < -0.39 is 0 Å². The van der Waals surface area contributed by atoms with Crippen LogP contribution in [0.3, 0.4) is 0 Å². The fraction of sp³-hybridized carbons (Fsp3) is 0.438. The Morgan fingerprint density at radius 2 is 2.24 bits per heavy atom. The maximum atomic E-state index is 4.65. The molecule has 0 atom stereocenters. The molecule has 0 aromatic carbocycles. The van der Waals surface area contributed by atoms with Crippen molar-refractivity contribution in [2.45, 2.75) is 33.4 Å². The van der Waals surface area contributed by atoms with Crippen LogP contribution in [0.15, 0.2) is 34.2 Å². The Hall–Kier alpha value is -0.910. The van der Waals surface area contributed by atoms with Crippen LogP contribution in [0.25, 0.3) is 0 Å². The maximum absolute atomic E-state index is 4.65. The van der Waals surface area contributed by atoms with Crippen LogP contribution in [-0.4, -0.2) is 18.1 Å². The number of aromatic nitrogens is 1. The Balaban J connectivity index is 2.18. The van der Waals surface area contributed by atoms with E-state index in [0.29, 0.717) is 0 Å². The predicted octanol–water partition coefficient (Wildman–Crippen LogP) is 4.43. The second-order valence-corrected chi connectivity index (χ2v) is 6.85. The molecule has 0 bridgehead atoms. The number of pyridine rings is 1. The lowest BCUT2D eigenvalue weighted by molar-refractivity contribution is 0.669. The Kier molecular flexibility index (Phi) is 6.67. The summed E-state index contributed by atoms with van der Waals surface area (Å²) < 4.78 is 1.03. The molecule has 2 aromatic rings. The monoisotopic (exact) mass is 367 g/mol. The topological polar surface area (TPSA) is 28.2 Å². The molecule has 1 N–H and O–H groups in total. The summed E-state index contributed by atoms with van der Waals surface area (Å²) in [5, 5.41) is 5.60. The molecule has 0 radical (unpaired) electrons. The minimum atomic E-state index is 0.858. The SMILES string of the molecule is CCCNCc1cc(Br)cnc1N(CC)Cc1cccs1. The van der Waals surface area contributed by atoms with E-state index in [1.165, 1.54) is 10.4 Å². The highest BCUT2D eigenvalue weighted by Gasteiger charge is 2.13. The van der Waals surface area contributed by atoms with E-state index in [9.17, 15) is 0 Å². The number of rotatable bonds is 8. The Labute approximate surface area is 139 Å². The van der Waals surface area contributed by atoms with Crippen molar-refractivity contribution in [1.82, 2.24) is 10.3 Å². The van der Waals surface area contributed by atoms with Crippen molar-refractivity contribution in [2.24, 2.45) is 0 Å². The van der Waals surface area contributed by atoms with Crippen LogP contribution in [0.1, 0.15) is 30.7 Å². The van der Waals surface area contributed by atoms with Gasteiger partial charge in [0.05, 0.1) is 6.54 Å². The minimum Gasteiger partial charge on any atom is -0.351 e. The van der Waals surface area contributed by atoms with Crippen molar-refractivity contribution >= 4 is 33.1 Å². The number of nitrogens with one attached hydrogen (secondary N) is 1. The molecule has 2 heterocycles. The van der Waals surface area contributed by atoms with Crippen molar-refractivity contribution < 1.29 is 0 Å². The molecule has 0 amide bonds. The van der Waals surface area contributed by atoms with Gasteiger partial charge in [0.1, 0.15) is 5.82 Å². The molecule has 0 unspecified atom stereocenters. The molecule has 21 heavy (non-hydrogen) atoms. The summed E-state index contributed by atoms with van der Waals surface area (Å²) in [6.07, 6.45) is 3.03. The second-order valence-electron chi connectivity index (χ2n) is 4.91. The molecule has 0 aliphatic heterocycles. The number of hydrogen-bond acceptors (Lipinski definition) is 4. The van der Waals surface area contributed by atoms with Gasteiger partial charge >= 0.3 is 0 Å². The first-order chi connectivity index (χ1) is 10.2. The molecule has 2 rings (SSSR count). The Morgan fingerprint density at radius 1 is 1.38 bits per heavy atom. The van der Waals surface area contributed by atoms with Gasteiger partial charge in [-0.2, -0.15) is 0 Å². The highest BCUT2D eigenvalue weighted by Crippen LogP contribution is 2.24. The van der Waals surface area contributed by atoms with Crippen LogP contribution >= 0.6 is 27.3 Å². The maximum Gasteiger partial charge on any atom is 0.133 e. The van der Waals surface area contributed by atoms with Crippen LogP contribution in [0.2, 0.25) is 0 Å². The predicted molar refractivity (Wildman–Crippen MR) is 95.0 cm³/mol. The molecule has 2 aromatic heterocycles. The number of halogens is 1. The largest absolute Gasteiger partial charge is 0.351 e. The van der Waals surface area contributed by atoms with Gasteiger partial charge in [-0.1, -0.05) is 13.0 Å². The van der Waals surface area contributed by atoms with Gasteiger partial charge in [-0.25, -0.2) is 4.98 Å². The first kappa shape index (κ1) is 16.5. The van der Waals surface area contributed by atoms with E-state index in [-0.39, 0.29) is 0 Å². The van der Waals surface area contributed by atoms with Gasteiger partial charge in [-0.05, 0) is 53.3 Å². The standard InChI is InChI=1S/C16H22BrN3S/c1-3-7-18-10-13-9-14(17)11-19-16(13)20(4-2)12-15-6-5-8-21-15/h5-6,8-9,11,18H,3-4,7,10,12H2,1-2H3. The summed E-state index contributed by atoms with van der Waals surface area (Å²) in [5.41, 5.74) is 1.25. The summed E-state index contributed by atoms with van der Waals surface area (Å²) in [4.78, 5) is 8.36.